The summed E-state index contributed by atoms with van der Waals surface area (Å²) in [5, 5.41) is 12.0. The molecule has 26 heavy (non-hydrogen) atoms. The fraction of sp³-hybridized carbons (Fsp3) is 0.333. The van der Waals surface area contributed by atoms with Crippen LogP contribution in [0.4, 0.5) is 0 Å². The monoisotopic (exact) mass is 377 g/mol. The number of carbonyl (C=O) groups excluding carboxylic acids is 1. The molecular weight excluding hydrogens is 354 g/mol. The van der Waals surface area contributed by atoms with Gasteiger partial charge in [0, 0.05) is 31.0 Å². The summed E-state index contributed by atoms with van der Waals surface area (Å²) >= 11 is 0. The average Bonchev–Trinajstić information content (AvgIpc) is 2.64. The van der Waals surface area contributed by atoms with Crippen molar-refractivity contribution in [1.29, 1.82) is 0 Å². The van der Waals surface area contributed by atoms with Gasteiger partial charge in [0.25, 0.3) is 5.91 Å². The fourth-order valence-electron chi connectivity index (χ4n) is 2.26. The van der Waals surface area contributed by atoms with Gasteiger partial charge >= 0.3 is 0 Å². The summed E-state index contributed by atoms with van der Waals surface area (Å²) in [6.07, 6.45) is 4.25. The Morgan fingerprint density at radius 3 is 2.65 bits per heavy atom. The molecule has 7 nitrogen and oxygen atoms in total. The Bertz CT molecular complexity index is 823. The minimum Gasteiger partial charge on any atom is -0.392 e. The number of aryl methyl sites for hydroxylation is 1. The van der Waals surface area contributed by atoms with Crippen molar-refractivity contribution in [3.63, 3.8) is 0 Å². The molecule has 0 radical (unpaired) electrons. The number of nitrogens with zero attached hydrogens (tertiary/aromatic N) is 1. The molecule has 0 aliphatic carbocycles. The number of hydrogen-bond donors (Lipinski definition) is 3. The third-order valence-corrected chi connectivity index (χ3v) is 5.07. The molecule has 0 spiro atoms. The van der Waals surface area contributed by atoms with Crippen molar-refractivity contribution in [2.75, 3.05) is 13.1 Å². The third-order valence-electron chi connectivity index (χ3n) is 3.65. The van der Waals surface area contributed by atoms with Gasteiger partial charge in [-0.1, -0.05) is 6.07 Å². The van der Waals surface area contributed by atoms with Crippen molar-refractivity contribution < 1.29 is 18.3 Å². The Morgan fingerprint density at radius 2 is 1.96 bits per heavy atom. The van der Waals surface area contributed by atoms with Crippen LogP contribution in [0.1, 0.15) is 29.3 Å². The molecule has 0 aliphatic rings. The Labute approximate surface area is 153 Å². The summed E-state index contributed by atoms with van der Waals surface area (Å²) in [7, 11) is -3.77. The van der Waals surface area contributed by atoms with Crippen LogP contribution in [0.15, 0.2) is 53.7 Å². The van der Waals surface area contributed by atoms with Crippen LogP contribution >= 0.6 is 0 Å². The highest BCUT2D eigenvalue weighted by Crippen LogP contribution is 2.11. The molecule has 1 amide bonds. The summed E-state index contributed by atoms with van der Waals surface area (Å²) in [5.41, 5.74) is 1.42. The van der Waals surface area contributed by atoms with Gasteiger partial charge in [-0.25, -0.2) is 13.1 Å². The molecule has 0 saturated heterocycles. The van der Waals surface area contributed by atoms with Gasteiger partial charge in [0.15, 0.2) is 0 Å². The maximum absolute atomic E-state index is 12.2. The molecule has 8 heteroatoms. The van der Waals surface area contributed by atoms with Crippen LogP contribution in [0.5, 0.6) is 0 Å². The summed E-state index contributed by atoms with van der Waals surface area (Å²) in [4.78, 5) is 16.2. The summed E-state index contributed by atoms with van der Waals surface area (Å²) < 4.78 is 26.6. The molecule has 1 aromatic heterocycles. The number of aliphatic hydroxyl groups excluding tert-OH is 1. The van der Waals surface area contributed by atoms with E-state index < -0.39 is 16.1 Å². The second-order valence-electron chi connectivity index (χ2n) is 5.94. The van der Waals surface area contributed by atoms with Crippen molar-refractivity contribution in [2.24, 2.45) is 0 Å². The first-order valence-corrected chi connectivity index (χ1v) is 9.82. The van der Waals surface area contributed by atoms with Gasteiger partial charge in [-0.15, -0.1) is 0 Å². The highest BCUT2D eigenvalue weighted by molar-refractivity contribution is 7.89. The maximum Gasteiger partial charge on any atom is 0.251 e. The first kappa shape index (κ1) is 20.0. The SMILES string of the molecule is CC(O)CNS(=O)(=O)c1cccc(C(=O)NCCCc2ccncc2)c1. The number of pyridine rings is 1. The number of hydrogen-bond acceptors (Lipinski definition) is 5. The standard InChI is InChI=1S/C18H23N3O4S/c1-14(22)13-21-26(24,25)17-6-2-5-16(12-17)18(23)20-9-3-4-15-7-10-19-11-8-15/h2,5-8,10-12,14,21-22H,3-4,9,13H2,1H3,(H,20,23). The minimum atomic E-state index is -3.77. The molecule has 1 unspecified atom stereocenters. The summed E-state index contributed by atoms with van der Waals surface area (Å²) in [6, 6.07) is 9.66. The number of amides is 1. The topological polar surface area (TPSA) is 108 Å². The minimum absolute atomic E-state index is 0.0115. The summed E-state index contributed by atoms with van der Waals surface area (Å²) in [6.45, 7) is 1.88. The van der Waals surface area contributed by atoms with E-state index in [4.69, 9.17) is 0 Å². The van der Waals surface area contributed by atoms with Crippen molar-refractivity contribution in [1.82, 2.24) is 15.0 Å². The number of rotatable bonds is 9. The molecule has 1 aromatic carbocycles. The smallest absolute Gasteiger partial charge is 0.251 e. The van der Waals surface area contributed by atoms with E-state index in [1.165, 1.54) is 25.1 Å². The zero-order chi connectivity index (χ0) is 19.0. The van der Waals surface area contributed by atoms with Gasteiger partial charge in [-0.2, -0.15) is 0 Å². The van der Waals surface area contributed by atoms with Gasteiger partial charge in [-0.05, 0) is 55.7 Å². The molecule has 1 heterocycles. The van der Waals surface area contributed by atoms with Gasteiger partial charge in [0.2, 0.25) is 10.0 Å². The Balaban J connectivity index is 1.91. The zero-order valence-corrected chi connectivity index (χ0v) is 15.4. The normalized spacial score (nSPS) is 12.5. The molecule has 2 rings (SSSR count). The zero-order valence-electron chi connectivity index (χ0n) is 14.6. The molecule has 0 fully saturated rings. The Kier molecular flexibility index (Phi) is 7.26. The Morgan fingerprint density at radius 1 is 1.23 bits per heavy atom. The molecule has 2 aromatic rings. The van der Waals surface area contributed by atoms with Crippen molar-refractivity contribution in [2.45, 2.75) is 30.8 Å². The van der Waals surface area contributed by atoms with Crippen LogP contribution in [-0.4, -0.2) is 43.6 Å². The van der Waals surface area contributed by atoms with Gasteiger partial charge in [-0.3, -0.25) is 9.78 Å². The maximum atomic E-state index is 12.2. The molecule has 0 saturated carbocycles. The van der Waals surface area contributed by atoms with E-state index in [2.05, 4.69) is 15.0 Å². The largest absolute Gasteiger partial charge is 0.392 e. The van der Waals surface area contributed by atoms with E-state index >= 15 is 0 Å². The molecule has 1 atom stereocenters. The van der Waals surface area contributed by atoms with Gasteiger partial charge in [0.1, 0.15) is 0 Å². The van der Waals surface area contributed by atoms with E-state index in [9.17, 15) is 18.3 Å². The van der Waals surface area contributed by atoms with Crippen molar-refractivity contribution in [3.8, 4) is 0 Å². The number of aromatic nitrogens is 1. The van der Waals surface area contributed by atoms with Crippen LogP contribution < -0.4 is 10.0 Å². The third kappa shape index (κ3) is 6.21. The van der Waals surface area contributed by atoms with Crippen LogP contribution in [0.3, 0.4) is 0 Å². The molecule has 0 aliphatic heterocycles. The van der Waals surface area contributed by atoms with E-state index in [0.29, 0.717) is 6.54 Å². The Hall–Kier alpha value is -2.29. The highest BCUT2D eigenvalue weighted by Gasteiger charge is 2.16. The highest BCUT2D eigenvalue weighted by atomic mass is 32.2. The van der Waals surface area contributed by atoms with E-state index in [0.717, 1.165) is 18.4 Å². The molecule has 140 valence electrons. The summed E-state index contributed by atoms with van der Waals surface area (Å²) in [5.74, 6) is -0.327. The second kappa shape index (κ2) is 9.42. The lowest BCUT2D eigenvalue weighted by atomic mass is 10.1. The fourth-order valence-corrected chi connectivity index (χ4v) is 3.43. The predicted molar refractivity (Wildman–Crippen MR) is 98.2 cm³/mol. The number of aliphatic hydroxyl groups is 1. The van der Waals surface area contributed by atoms with Crippen LogP contribution in [0, 0.1) is 0 Å². The number of sulfonamides is 1. The number of carbonyl (C=O) groups is 1. The van der Waals surface area contributed by atoms with Crippen molar-refractivity contribution in [3.05, 3.63) is 59.9 Å². The molecular formula is C18H23N3O4S. The first-order chi connectivity index (χ1) is 12.4. The van der Waals surface area contributed by atoms with E-state index in [-0.39, 0.29) is 22.9 Å². The van der Waals surface area contributed by atoms with Crippen LogP contribution in [-0.2, 0) is 16.4 Å². The van der Waals surface area contributed by atoms with E-state index in [1.54, 1.807) is 18.5 Å². The molecule has 0 bridgehead atoms. The van der Waals surface area contributed by atoms with Gasteiger partial charge in [0.05, 0.1) is 11.0 Å². The van der Waals surface area contributed by atoms with Crippen LogP contribution in [0.25, 0.3) is 0 Å². The quantitative estimate of drug-likeness (QED) is 0.567. The first-order valence-electron chi connectivity index (χ1n) is 8.33. The number of benzene rings is 1. The predicted octanol–water partition coefficient (Wildman–Crippen LogP) is 1.10. The van der Waals surface area contributed by atoms with Crippen LogP contribution in [0.2, 0.25) is 0 Å². The average molecular weight is 377 g/mol. The lowest BCUT2D eigenvalue weighted by Gasteiger charge is -2.10. The lowest BCUT2D eigenvalue weighted by Crippen LogP contribution is -2.31. The second-order valence-corrected chi connectivity index (χ2v) is 7.71. The van der Waals surface area contributed by atoms with E-state index in [1.807, 2.05) is 12.1 Å². The molecule has 3 N–H and O–H groups in total. The van der Waals surface area contributed by atoms with Gasteiger partial charge < -0.3 is 10.4 Å². The number of nitrogens with one attached hydrogen (secondary N) is 2. The van der Waals surface area contributed by atoms with Crippen molar-refractivity contribution >= 4 is 15.9 Å². The lowest BCUT2D eigenvalue weighted by molar-refractivity contribution is 0.0953.